The molecular formula is C14H21NO3. The average Bonchev–Trinajstić information content (AvgIpc) is 2.33. The van der Waals surface area contributed by atoms with Crippen molar-refractivity contribution in [3.63, 3.8) is 0 Å². The lowest BCUT2D eigenvalue weighted by Gasteiger charge is -2.22. The lowest BCUT2D eigenvalue weighted by molar-refractivity contribution is 0.0656. The Bertz CT molecular complexity index is 404. The summed E-state index contributed by atoms with van der Waals surface area (Å²) in [6.07, 6.45) is 0. The van der Waals surface area contributed by atoms with E-state index in [2.05, 4.69) is 0 Å². The van der Waals surface area contributed by atoms with Crippen molar-refractivity contribution in [1.29, 1.82) is 0 Å². The van der Waals surface area contributed by atoms with Crippen LogP contribution in [0.4, 0.5) is 0 Å². The highest BCUT2D eigenvalue weighted by molar-refractivity contribution is 5.95. The third kappa shape index (κ3) is 3.82. The number of carbonyl (C=O) groups is 1. The van der Waals surface area contributed by atoms with Gasteiger partial charge in [0.15, 0.2) is 0 Å². The highest BCUT2D eigenvalue weighted by Gasteiger charge is 2.16. The highest BCUT2D eigenvalue weighted by atomic mass is 16.5. The van der Waals surface area contributed by atoms with Crippen molar-refractivity contribution >= 4 is 5.91 Å². The van der Waals surface area contributed by atoms with E-state index in [0.29, 0.717) is 25.3 Å². The van der Waals surface area contributed by atoms with Gasteiger partial charge in [-0.05, 0) is 25.5 Å². The van der Waals surface area contributed by atoms with E-state index in [1.165, 1.54) is 0 Å². The predicted octanol–water partition coefficient (Wildman–Crippen LogP) is 1.38. The van der Waals surface area contributed by atoms with Crippen molar-refractivity contribution in [3.05, 3.63) is 34.9 Å². The molecule has 0 saturated heterocycles. The molecule has 4 heteroatoms. The Kier molecular flexibility index (Phi) is 5.82. The summed E-state index contributed by atoms with van der Waals surface area (Å²) in [5, 5.41) is 9.01. The second-order valence-corrected chi connectivity index (χ2v) is 4.33. The molecule has 1 aromatic carbocycles. The van der Waals surface area contributed by atoms with Crippen molar-refractivity contribution in [1.82, 2.24) is 4.90 Å². The maximum atomic E-state index is 12.3. The van der Waals surface area contributed by atoms with Gasteiger partial charge in [0, 0.05) is 25.8 Å². The largest absolute Gasteiger partial charge is 0.395 e. The van der Waals surface area contributed by atoms with E-state index in [1.54, 1.807) is 12.0 Å². The third-order valence-corrected chi connectivity index (χ3v) is 2.83. The number of hydrogen-bond acceptors (Lipinski definition) is 3. The molecule has 0 aromatic heterocycles. The van der Waals surface area contributed by atoms with Crippen LogP contribution in [-0.4, -0.2) is 49.3 Å². The molecule has 1 N–H and O–H groups in total. The molecule has 18 heavy (non-hydrogen) atoms. The molecule has 0 fully saturated rings. The summed E-state index contributed by atoms with van der Waals surface area (Å²) in [7, 11) is 1.60. The monoisotopic (exact) mass is 251 g/mol. The van der Waals surface area contributed by atoms with Crippen LogP contribution < -0.4 is 0 Å². The minimum Gasteiger partial charge on any atom is -0.395 e. The zero-order chi connectivity index (χ0) is 13.5. The Hall–Kier alpha value is -1.39. The summed E-state index contributed by atoms with van der Waals surface area (Å²) < 4.78 is 4.98. The first-order valence-electron chi connectivity index (χ1n) is 6.06. The minimum absolute atomic E-state index is 0.0413. The first kappa shape index (κ1) is 14.7. The van der Waals surface area contributed by atoms with E-state index in [9.17, 15) is 4.79 Å². The fraction of sp³-hybridized carbons (Fsp3) is 0.500. The SMILES string of the molecule is COCCN(CCO)C(=O)c1ccc(C)cc1C. The molecule has 0 radical (unpaired) electrons. The molecule has 1 rings (SSSR count). The maximum absolute atomic E-state index is 12.3. The Morgan fingerprint density at radius 2 is 2.06 bits per heavy atom. The fourth-order valence-electron chi connectivity index (χ4n) is 1.86. The first-order chi connectivity index (χ1) is 8.60. The molecule has 1 amide bonds. The van der Waals surface area contributed by atoms with Gasteiger partial charge in [-0.1, -0.05) is 17.7 Å². The number of ether oxygens (including phenoxy) is 1. The van der Waals surface area contributed by atoms with Crippen LogP contribution in [0.25, 0.3) is 0 Å². The van der Waals surface area contributed by atoms with Gasteiger partial charge >= 0.3 is 0 Å². The van der Waals surface area contributed by atoms with Gasteiger partial charge in [0.25, 0.3) is 5.91 Å². The maximum Gasteiger partial charge on any atom is 0.254 e. The number of hydrogen-bond donors (Lipinski definition) is 1. The smallest absolute Gasteiger partial charge is 0.254 e. The molecule has 0 saturated carbocycles. The summed E-state index contributed by atoms with van der Waals surface area (Å²) >= 11 is 0. The molecule has 1 aromatic rings. The van der Waals surface area contributed by atoms with Crippen LogP contribution >= 0.6 is 0 Å². The Morgan fingerprint density at radius 3 is 2.61 bits per heavy atom. The average molecular weight is 251 g/mol. The number of aliphatic hydroxyl groups excluding tert-OH is 1. The molecule has 4 nitrogen and oxygen atoms in total. The molecule has 0 unspecified atom stereocenters. The van der Waals surface area contributed by atoms with Gasteiger partial charge in [-0.2, -0.15) is 0 Å². The first-order valence-corrected chi connectivity index (χ1v) is 6.06. The molecular weight excluding hydrogens is 230 g/mol. The number of amides is 1. The molecule has 0 atom stereocenters. The molecule has 0 spiro atoms. The predicted molar refractivity (Wildman–Crippen MR) is 70.8 cm³/mol. The van der Waals surface area contributed by atoms with Crippen molar-refractivity contribution in [2.45, 2.75) is 13.8 Å². The lowest BCUT2D eigenvalue weighted by Crippen LogP contribution is -2.36. The van der Waals surface area contributed by atoms with Crippen LogP contribution in [0.1, 0.15) is 21.5 Å². The van der Waals surface area contributed by atoms with Gasteiger partial charge in [0.2, 0.25) is 0 Å². The molecule has 0 aliphatic carbocycles. The molecule has 0 bridgehead atoms. The lowest BCUT2D eigenvalue weighted by atomic mass is 10.0. The summed E-state index contributed by atoms with van der Waals surface area (Å²) in [5.41, 5.74) is 2.78. The Morgan fingerprint density at radius 1 is 1.33 bits per heavy atom. The number of carbonyl (C=O) groups excluding carboxylic acids is 1. The molecule has 0 aliphatic rings. The minimum atomic E-state index is -0.0569. The van der Waals surface area contributed by atoms with E-state index in [4.69, 9.17) is 9.84 Å². The van der Waals surface area contributed by atoms with Gasteiger partial charge in [-0.3, -0.25) is 4.79 Å². The third-order valence-electron chi connectivity index (χ3n) is 2.83. The summed E-state index contributed by atoms with van der Waals surface area (Å²) in [4.78, 5) is 13.9. The molecule has 0 aliphatic heterocycles. The van der Waals surface area contributed by atoms with Gasteiger partial charge in [0.1, 0.15) is 0 Å². The van der Waals surface area contributed by atoms with E-state index in [-0.39, 0.29) is 12.5 Å². The van der Waals surface area contributed by atoms with Crippen LogP contribution in [0.15, 0.2) is 18.2 Å². The van der Waals surface area contributed by atoms with Gasteiger partial charge in [-0.25, -0.2) is 0 Å². The van der Waals surface area contributed by atoms with Gasteiger partial charge in [0.05, 0.1) is 13.2 Å². The van der Waals surface area contributed by atoms with Crippen molar-refractivity contribution < 1.29 is 14.6 Å². The van der Waals surface area contributed by atoms with Crippen LogP contribution in [-0.2, 0) is 4.74 Å². The van der Waals surface area contributed by atoms with E-state index in [0.717, 1.165) is 11.1 Å². The van der Waals surface area contributed by atoms with Crippen molar-refractivity contribution in [2.75, 3.05) is 33.4 Å². The van der Waals surface area contributed by atoms with E-state index in [1.807, 2.05) is 32.0 Å². The topological polar surface area (TPSA) is 49.8 Å². The van der Waals surface area contributed by atoms with Crippen LogP contribution in [0, 0.1) is 13.8 Å². The van der Waals surface area contributed by atoms with Gasteiger partial charge < -0.3 is 14.7 Å². The summed E-state index contributed by atoms with van der Waals surface area (Å²) in [6.45, 7) is 5.17. The number of aliphatic hydroxyl groups is 1. The number of aryl methyl sites for hydroxylation is 2. The number of benzene rings is 1. The molecule has 0 heterocycles. The second-order valence-electron chi connectivity index (χ2n) is 4.33. The van der Waals surface area contributed by atoms with E-state index < -0.39 is 0 Å². The van der Waals surface area contributed by atoms with Gasteiger partial charge in [-0.15, -0.1) is 0 Å². The zero-order valence-corrected chi connectivity index (χ0v) is 11.3. The van der Waals surface area contributed by atoms with Crippen molar-refractivity contribution in [3.8, 4) is 0 Å². The number of methoxy groups -OCH3 is 1. The Labute approximate surface area is 108 Å². The van der Waals surface area contributed by atoms with E-state index >= 15 is 0 Å². The normalized spacial score (nSPS) is 10.4. The second kappa shape index (κ2) is 7.13. The number of nitrogens with zero attached hydrogens (tertiary/aromatic N) is 1. The molecule has 100 valence electrons. The quantitative estimate of drug-likeness (QED) is 0.831. The standard InChI is InChI=1S/C14H21NO3/c1-11-4-5-13(12(2)10-11)14(17)15(6-8-16)7-9-18-3/h4-5,10,16H,6-9H2,1-3H3. The zero-order valence-electron chi connectivity index (χ0n) is 11.3. The highest BCUT2D eigenvalue weighted by Crippen LogP contribution is 2.13. The van der Waals surface area contributed by atoms with Crippen LogP contribution in [0.2, 0.25) is 0 Å². The van der Waals surface area contributed by atoms with Crippen LogP contribution in [0.5, 0.6) is 0 Å². The van der Waals surface area contributed by atoms with Crippen LogP contribution in [0.3, 0.4) is 0 Å². The Balaban J connectivity index is 2.87. The fourth-order valence-corrected chi connectivity index (χ4v) is 1.86. The number of rotatable bonds is 6. The summed E-state index contributed by atoms with van der Waals surface area (Å²) in [5.74, 6) is -0.0569. The van der Waals surface area contributed by atoms with Crippen molar-refractivity contribution in [2.24, 2.45) is 0 Å². The summed E-state index contributed by atoms with van der Waals surface area (Å²) in [6, 6.07) is 5.75.